The van der Waals surface area contributed by atoms with E-state index >= 15 is 0 Å². The van der Waals surface area contributed by atoms with E-state index in [0.717, 1.165) is 41.5 Å². The van der Waals surface area contributed by atoms with Crippen LogP contribution in [0.4, 0.5) is 8.78 Å². The molecule has 0 atom stereocenters. The Hall–Kier alpha value is -3.49. The van der Waals surface area contributed by atoms with Crippen molar-refractivity contribution in [2.75, 3.05) is 0 Å². The zero-order valence-corrected chi connectivity index (χ0v) is 19.5. The molecule has 9 heteroatoms. The number of unbranched alkanes of at least 4 members (excludes halogenated alkanes) is 1. The molecule has 4 aromatic rings. The minimum atomic E-state index is -2.99. The third-order valence-corrected chi connectivity index (χ3v) is 5.65. The summed E-state index contributed by atoms with van der Waals surface area (Å²) in [5, 5.41) is 18.5. The number of alkyl halides is 2. The monoisotopic (exact) mass is 465 g/mol. The van der Waals surface area contributed by atoms with Gasteiger partial charge in [0.1, 0.15) is 0 Å². The molecule has 1 N–H and O–H groups in total. The lowest BCUT2D eigenvalue weighted by molar-refractivity contribution is -0.0270. The Labute approximate surface area is 197 Å². The predicted octanol–water partition coefficient (Wildman–Crippen LogP) is 5.33. The third-order valence-electron chi connectivity index (χ3n) is 5.65. The summed E-state index contributed by atoms with van der Waals surface area (Å²) in [6.45, 7) is 4.08. The Morgan fingerprint density at radius 3 is 2.47 bits per heavy atom. The van der Waals surface area contributed by atoms with Crippen molar-refractivity contribution in [1.29, 1.82) is 0 Å². The molecule has 0 aliphatic rings. The molecule has 34 heavy (non-hydrogen) atoms. The molecule has 0 spiro atoms. The number of aromatic amines is 1. The summed E-state index contributed by atoms with van der Waals surface area (Å²) in [7, 11) is 0. The Kier molecular flexibility index (Phi) is 7.40. The number of halogens is 2. The van der Waals surface area contributed by atoms with Crippen LogP contribution in [0.1, 0.15) is 67.9 Å². The Morgan fingerprint density at radius 1 is 0.971 bits per heavy atom. The second-order valence-corrected chi connectivity index (χ2v) is 8.50. The Morgan fingerprint density at radius 2 is 1.76 bits per heavy atom. The average Bonchev–Trinajstić information content (AvgIpc) is 3.50. The quantitative estimate of drug-likeness (QED) is 0.324. The number of aryl methyl sites for hydroxylation is 1. The van der Waals surface area contributed by atoms with Crippen LogP contribution >= 0.6 is 0 Å². The van der Waals surface area contributed by atoms with E-state index in [0.29, 0.717) is 24.5 Å². The van der Waals surface area contributed by atoms with E-state index in [2.05, 4.69) is 37.6 Å². The number of hydrogen-bond donors (Lipinski definition) is 1. The maximum Gasteiger partial charge on any atom is 0.306 e. The van der Waals surface area contributed by atoms with Crippen LogP contribution in [0.2, 0.25) is 0 Å². The van der Waals surface area contributed by atoms with Crippen molar-refractivity contribution in [2.24, 2.45) is 0 Å². The summed E-state index contributed by atoms with van der Waals surface area (Å²) in [4.78, 5) is 4.22. The summed E-state index contributed by atoms with van der Waals surface area (Å²) < 4.78 is 30.9. The first-order valence-electron chi connectivity index (χ1n) is 11.7. The number of aromatic nitrogens is 7. The molecule has 0 radical (unpaired) electrons. The van der Waals surface area contributed by atoms with Crippen molar-refractivity contribution in [1.82, 2.24) is 35.4 Å². The van der Waals surface area contributed by atoms with Gasteiger partial charge in [0, 0.05) is 18.4 Å². The molecule has 4 rings (SSSR count). The van der Waals surface area contributed by atoms with Crippen molar-refractivity contribution < 1.29 is 8.78 Å². The lowest BCUT2D eigenvalue weighted by Crippen LogP contribution is -2.21. The van der Waals surface area contributed by atoms with Crippen LogP contribution in [0.25, 0.3) is 11.4 Å². The molecule has 0 saturated heterocycles. The van der Waals surface area contributed by atoms with Crippen molar-refractivity contribution in [3.05, 3.63) is 76.9 Å². The van der Waals surface area contributed by atoms with E-state index in [1.54, 1.807) is 6.92 Å². The summed E-state index contributed by atoms with van der Waals surface area (Å²) in [5.41, 5.74) is 4.04. The molecule has 0 saturated carbocycles. The van der Waals surface area contributed by atoms with E-state index in [9.17, 15) is 8.78 Å². The van der Waals surface area contributed by atoms with E-state index in [1.165, 1.54) is 4.68 Å². The van der Waals surface area contributed by atoms with Gasteiger partial charge in [0.15, 0.2) is 11.6 Å². The van der Waals surface area contributed by atoms with Gasteiger partial charge in [-0.05, 0) is 47.2 Å². The SMILES string of the molecule is CCCCc1nc(C(F)(F)CCC)n(Cc2ccc(Cc3cccc(-c4nn[nH]n4)c3)cc2)n1. The molecule has 0 bridgehead atoms. The topological polar surface area (TPSA) is 85.2 Å². The van der Waals surface area contributed by atoms with Crippen molar-refractivity contribution >= 4 is 0 Å². The minimum absolute atomic E-state index is 0.234. The number of nitrogens with zero attached hydrogens (tertiary/aromatic N) is 6. The highest BCUT2D eigenvalue weighted by Crippen LogP contribution is 2.32. The molecule has 0 fully saturated rings. The molecular formula is C25H29F2N7. The van der Waals surface area contributed by atoms with Crippen LogP contribution in [0, 0.1) is 0 Å². The lowest BCUT2D eigenvalue weighted by atomic mass is 10.0. The van der Waals surface area contributed by atoms with E-state index in [4.69, 9.17) is 0 Å². The smallest absolute Gasteiger partial charge is 0.240 e. The first-order chi connectivity index (χ1) is 16.5. The van der Waals surface area contributed by atoms with Gasteiger partial charge >= 0.3 is 5.92 Å². The van der Waals surface area contributed by atoms with Gasteiger partial charge in [-0.15, -0.1) is 10.2 Å². The minimum Gasteiger partial charge on any atom is -0.240 e. The van der Waals surface area contributed by atoms with Crippen LogP contribution in [0.5, 0.6) is 0 Å². The van der Waals surface area contributed by atoms with Gasteiger partial charge in [0.2, 0.25) is 5.82 Å². The Balaban J connectivity index is 1.49. The van der Waals surface area contributed by atoms with E-state index < -0.39 is 5.92 Å². The molecule has 7 nitrogen and oxygen atoms in total. The fourth-order valence-corrected chi connectivity index (χ4v) is 3.91. The van der Waals surface area contributed by atoms with Crippen LogP contribution in [0.3, 0.4) is 0 Å². The molecule has 2 aromatic carbocycles. The second kappa shape index (κ2) is 10.6. The Bertz CT molecular complexity index is 1180. The van der Waals surface area contributed by atoms with Crippen molar-refractivity contribution in [2.45, 2.75) is 64.8 Å². The number of tetrazole rings is 1. The number of nitrogens with one attached hydrogen (secondary N) is 1. The summed E-state index contributed by atoms with van der Waals surface area (Å²) in [5.74, 6) is -2.18. The van der Waals surface area contributed by atoms with Gasteiger partial charge in [-0.1, -0.05) is 62.7 Å². The first-order valence-corrected chi connectivity index (χ1v) is 11.7. The van der Waals surface area contributed by atoms with Crippen LogP contribution in [0.15, 0.2) is 48.5 Å². The standard InChI is InChI=1S/C25H29F2N7/c1-3-5-9-22-28-24(25(26,27)14-4-2)34(31-22)17-19-12-10-18(11-13-19)15-20-7-6-8-21(16-20)23-29-32-33-30-23/h6-8,10-13,16H,3-5,9,14-15,17H2,1-2H3,(H,29,30,32,33). The average molecular weight is 466 g/mol. The van der Waals surface area contributed by atoms with Gasteiger partial charge in [-0.25, -0.2) is 9.67 Å². The van der Waals surface area contributed by atoms with Crippen LogP contribution in [-0.2, 0) is 25.3 Å². The molecule has 0 unspecified atom stereocenters. The van der Waals surface area contributed by atoms with Gasteiger partial charge in [0.25, 0.3) is 0 Å². The first kappa shape index (κ1) is 23.7. The van der Waals surface area contributed by atoms with Crippen LogP contribution in [-0.4, -0.2) is 35.4 Å². The van der Waals surface area contributed by atoms with Gasteiger partial charge in [0.05, 0.1) is 6.54 Å². The molecule has 2 aromatic heterocycles. The largest absolute Gasteiger partial charge is 0.306 e. The predicted molar refractivity (Wildman–Crippen MR) is 125 cm³/mol. The summed E-state index contributed by atoms with van der Waals surface area (Å²) >= 11 is 0. The van der Waals surface area contributed by atoms with Crippen molar-refractivity contribution in [3.63, 3.8) is 0 Å². The van der Waals surface area contributed by atoms with Crippen LogP contribution < -0.4 is 0 Å². The van der Waals surface area contributed by atoms with Gasteiger partial charge in [-0.2, -0.15) is 19.1 Å². The fourth-order valence-electron chi connectivity index (χ4n) is 3.91. The molecule has 178 valence electrons. The molecule has 0 amide bonds. The summed E-state index contributed by atoms with van der Waals surface area (Å²) in [6, 6.07) is 16.0. The number of H-pyrrole nitrogens is 1. The highest BCUT2D eigenvalue weighted by molar-refractivity contribution is 5.55. The maximum atomic E-state index is 14.8. The maximum absolute atomic E-state index is 14.8. The molecule has 0 aliphatic heterocycles. The van der Waals surface area contributed by atoms with E-state index in [-0.39, 0.29) is 18.8 Å². The third kappa shape index (κ3) is 5.70. The highest BCUT2D eigenvalue weighted by atomic mass is 19.3. The van der Waals surface area contributed by atoms with Crippen molar-refractivity contribution in [3.8, 4) is 11.4 Å². The van der Waals surface area contributed by atoms with Gasteiger partial charge in [-0.3, -0.25) is 0 Å². The second-order valence-electron chi connectivity index (χ2n) is 8.50. The number of hydrogen-bond acceptors (Lipinski definition) is 5. The number of benzene rings is 2. The van der Waals surface area contributed by atoms with E-state index in [1.807, 2.05) is 48.5 Å². The molecule has 2 heterocycles. The molecule has 0 aliphatic carbocycles. The van der Waals surface area contributed by atoms with Gasteiger partial charge < -0.3 is 0 Å². The zero-order valence-electron chi connectivity index (χ0n) is 19.5. The number of rotatable bonds is 11. The normalized spacial score (nSPS) is 11.8. The fraction of sp³-hybridized carbons (Fsp3) is 0.400. The highest BCUT2D eigenvalue weighted by Gasteiger charge is 2.36. The molecular weight excluding hydrogens is 436 g/mol. The lowest BCUT2D eigenvalue weighted by Gasteiger charge is -2.15. The zero-order chi connectivity index (χ0) is 24.0. The summed E-state index contributed by atoms with van der Waals surface area (Å²) in [6.07, 6.45) is 3.34.